The van der Waals surface area contributed by atoms with Crippen LogP contribution in [0.3, 0.4) is 0 Å². The number of ether oxygens (including phenoxy) is 2. The molecule has 1 aliphatic rings. The minimum atomic E-state index is -0.323. The summed E-state index contributed by atoms with van der Waals surface area (Å²) in [7, 11) is 0. The van der Waals surface area contributed by atoms with E-state index in [1.165, 1.54) is 23.7 Å². The Kier molecular flexibility index (Phi) is 4.23. The zero-order valence-corrected chi connectivity index (χ0v) is 14.0. The molecule has 2 N–H and O–H groups in total. The second-order valence-electron chi connectivity index (χ2n) is 5.28. The summed E-state index contributed by atoms with van der Waals surface area (Å²) in [5.41, 5.74) is 0.965. The molecule has 10 heteroatoms. The first-order valence-corrected chi connectivity index (χ1v) is 8.41. The number of aromatic nitrogens is 2. The molecule has 0 saturated heterocycles. The third-order valence-electron chi connectivity index (χ3n) is 3.45. The molecule has 26 heavy (non-hydrogen) atoms. The normalized spacial score (nSPS) is 12.0. The van der Waals surface area contributed by atoms with Crippen LogP contribution in [-0.4, -0.2) is 28.7 Å². The van der Waals surface area contributed by atoms with Crippen molar-refractivity contribution in [1.29, 1.82) is 0 Å². The summed E-state index contributed by atoms with van der Waals surface area (Å²) in [5, 5.41) is 11.0. The van der Waals surface area contributed by atoms with Gasteiger partial charge < -0.3 is 19.3 Å². The molecular weight excluding hydrogens is 360 g/mol. The molecule has 3 aromatic rings. The topological polar surface area (TPSA) is 116 Å². The molecule has 132 valence electrons. The van der Waals surface area contributed by atoms with Crippen LogP contribution < -0.4 is 20.1 Å². The van der Waals surface area contributed by atoms with E-state index in [1.807, 2.05) is 0 Å². The Hall–Kier alpha value is -3.40. The van der Waals surface area contributed by atoms with Gasteiger partial charge in [-0.05, 0) is 18.2 Å². The Morgan fingerprint density at radius 3 is 2.88 bits per heavy atom. The van der Waals surface area contributed by atoms with Crippen molar-refractivity contribution < 1.29 is 23.6 Å². The monoisotopic (exact) mass is 372 g/mol. The Bertz CT molecular complexity index is 953. The van der Waals surface area contributed by atoms with Crippen LogP contribution in [0.2, 0.25) is 0 Å². The molecular formula is C16H12N4O5S. The van der Waals surface area contributed by atoms with Crippen LogP contribution in [0.25, 0.3) is 0 Å². The van der Waals surface area contributed by atoms with E-state index in [-0.39, 0.29) is 25.0 Å². The SMILES string of the molecule is O=C(Cc1csc(NC(=O)c2ccc3c(c2)OCO3)n1)Nc1ccon1. The Morgan fingerprint density at radius 1 is 1.15 bits per heavy atom. The van der Waals surface area contributed by atoms with Crippen molar-refractivity contribution in [2.24, 2.45) is 0 Å². The van der Waals surface area contributed by atoms with Crippen molar-refractivity contribution in [3.63, 3.8) is 0 Å². The lowest BCUT2D eigenvalue weighted by Gasteiger charge is -2.03. The second-order valence-corrected chi connectivity index (χ2v) is 6.13. The highest BCUT2D eigenvalue weighted by molar-refractivity contribution is 7.14. The van der Waals surface area contributed by atoms with Gasteiger partial charge in [0, 0.05) is 17.0 Å². The van der Waals surface area contributed by atoms with Crippen molar-refractivity contribution in [3.8, 4) is 11.5 Å². The fourth-order valence-corrected chi connectivity index (χ4v) is 2.99. The maximum Gasteiger partial charge on any atom is 0.257 e. The van der Waals surface area contributed by atoms with Gasteiger partial charge in [0.25, 0.3) is 5.91 Å². The third-order valence-corrected chi connectivity index (χ3v) is 4.26. The smallest absolute Gasteiger partial charge is 0.257 e. The number of hydrogen-bond acceptors (Lipinski definition) is 8. The zero-order valence-electron chi connectivity index (χ0n) is 13.2. The van der Waals surface area contributed by atoms with Gasteiger partial charge in [-0.1, -0.05) is 5.16 Å². The van der Waals surface area contributed by atoms with Crippen LogP contribution in [0.5, 0.6) is 11.5 Å². The number of nitrogens with zero attached hydrogens (tertiary/aromatic N) is 2. The lowest BCUT2D eigenvalue weighted by Crippen LogP contribution is -2.15. The summed E-state index contributed by atoms with van der Waals surface area (Å²) in [4.78, 5) is 28.5. The van der Waals surface area contributed by atoms with Gasteiger partial charge in [-0.2, -0.15) is 0 Å². The number of rotatable bonds is 5. The number of benzene rings is 1. The summed E-state index contributed by atoms with van der Waals surface area (Å²) in [6.07, 6.45) is 1.42. The summed E-state index contributed by atoms with van der Waals surface area (Å²) >= 11 is 1.23. The molecule has 2 aromatic heterocycles. The molecule has 0 radical (unpaired) electrons. The Morgan fingerprint density at radius 2 is 2.04 bits per heavy atom. The van der Waals surface area contributed by atoms with Crippen molar-refractivity contribution in [2.45, 2.75) is 6.42 Å². The van der Waals surface area contributed by atoms with Gasteiger partial charge in [0.15, 0.2) is 22.4 Å². The highest BCUT2D eigenvalue weighted by Crippen LogP contribution is 2.32. The first kappa shape index (κ1) is 16.1. The summed E-state index contributed by atoms with van der Waals surface area (Å²) in [6, 6.07) is 6.47. The molecule has 1 aromatic carbocycles. The van der Waals surface area contributed by atoms with E-state index in [1.54, 1.807) is 23.6 Å². The van der Waals surface area contributed by atoms with Crippen LogP contribution in [0.4, 0.5) is 10.9 Å². The van der Waals surface area contributed by atoms with Gasteiger partial charge >= 0.3 is 0 Å². The van der Waals surface area contributed by atoms with Gasteiger partial charge in [0.05, 0.1) is 12.1 Å². The van der Waals surface area contributed by atoms with E-state index < -0.39 is 0 Å². The molecule has 0 saturated carbocycles. The average Bonchev–Trinajstić information content (AvgIpc) is 3.36. The number of fused-ring (bicyclic) bond motifs is 1. The summed E-state index contributed by atoms with van der Waals surface area (Å²) < 4.78 is 15.1. The number of nitrogens with one attached hydrogen (secondary N) is 2. The van der Waals surface area contributed by atoms with Gasteiger partial charge in [0.1, 0.15) is 6.26 Å². The van der Waals surface area contributed by atoms with Crippen LogP contribution >= 0.6 is 11.3 Å². The maximum atomic E-state index is 12.3. The third kappa shape index (κ3) is 3.49. The fourth-order valence-electron chi connectivity index (χ4n) is 2.28. The lowest BCUT2D eigenvalue weighted by atomic mass is 10.2. The molecule has 0 fully saturated rings. The molecule has 3 heterocycles. The van der Waals surface area contributed by atoms with Crippen molar-refractivity contribution in [2.75, 3.05) is 17.4 Å². The number of amides is 2. The molecule has 4 rings (SSSR count). The minimum Gasteiger partial charge on any atom is -0.454 e. The molecule has 0 bridgehead atoms. The first-order valence-electron chi connectivity index (χ1n) is 7.53. The van der Waals surface area contributed by atoms with E-state index in [9.17, 15) is 9.59 Å². The van der Waals surface area contributed by atoms with Crippen molar-refractivity contribution >= 4 is 34.1 Å². The number of hydrogen-bond donors (Lipinski definition) is 2. The summed E-state index contributed by atoms with van der Waals surface area (Å²) in [6.45, 7) is 0.145. The van der Waals surface area contributed by atoms with Gasteiger partial charge in [-0.25, -0.2) is 4.98 Å². The molecule has 0 spiro atoms. The highest BCUT2D eigenvalue weighted by Gasteiger charge is 2.17. The maximum absolute atomic E-state index is 12.3. The van der Waals surface area contributed by atoms with Crippen LogP contribution in [0, 0.1) is 0 Å². The van der Waals surface area contributed by atoms with Crippen LogP contribution in [-0.2, 0) is 11.2 Å². The highest BCUT2D eigenvalue weighted by atomic mass is 32.1. The Labute approximate surface area is 150 Å². The molecule has 1 aliphatic heterocycles. The number of thiazole rings is 1. The van der Waals surface area contributed by atoms with Crippen LogP contribution in [0.1, 0.15) is 16.1 Å². The summed E-state index contributed by atoms with van der Waals surface area (Å²) in [5.74, 6) is 0.869. The zero-order chi connectivity index (χ0) is 17.9. The lowest BCUT2D eigenvalue weighted by molar-refractivity contribution is -0.115. The van der Waals surface area contributed by atoms with Crippen molar-refractivity contribution in [3.05, 3.63) is 47.2 Å². The number of carbonyl (C=O) groups excluding carboxylic acids is 2. The van der Waals surface area contributed by atoms with E-state index in [2.05, 4.69) is 25.3 Å². The fraction of sp³-hybridized carbons (Fsp3) is 0.125. The standard InChI is InChI=1S/C16H12N4O5S/c21-14(18-13-3-4-25-20-13)6-10-7-26-16(17-10)19-15(22)9-1-2-11-12(5-9)24-8-23-11/h1-5,7H,6,8H2,(H,17,19,22)(H,18,20,21). The molecule has 0 aliphatic carbocycles. The molecule has 9 nitrogen and oxygen atoms in total. The predicted molar refractivity (Wildman–Crippen MR) is 91.5 cm³/mol. The van der Waals surface area contributed by atoms with Gasteiger partial charge in [0.2, 0.25) is 12.7 Å². The Balaban J connectivity index is 1.37. The van der Waals surface area contributed by atoms with E-state index in [4.69, 9.17) is 9.47 Å². The van der Waals surface area contributed by atoms with Gasteiger partial charge in [-0.3, -0.25) is 14.9 Å². The number of anilines is 2. The second kappa shape index (κ2) is 6.84. The molecule has 0 unspecified atom stereocenters. The molecule has 0 atom stereocenters. The molecule has 2 amide bonds. The quantitative estimate of drug-likeness (QED) is 0.706. The van der Waals surface area contributed by atoms with Gasteiger partial charge in [-0.15, -0.1) is 11.3 Å². The van der Waals surface area contributed by atoms with E-state index in [0.717, 1.165) is 0 Å². The largest absolute Gasteiger partial charge is 0.454 e. The van der Waals surface area contributed by atoms with Crippen LogP contribution in [0.15, 0.2) is 40.4 Å². The average molecular weight is 372 g/mol. The van der Waals surface area contributed by atoms with Crippen molar-refractivity contribution in [1.82, 2.24) is 10.1 Å². The minimum absolute atomic E-state index is 0.0588. The predicted octanol–water partition coefficient (Wildman–Crippen LogP) is 2.29. The van der Waals surface area contributed by atoms with E-state index >= 15 is 0 Å². The number of carbonyl (C=O) groups is 2. The first-order chi connectivity index (χ1) is 12.7. The van der Waals surface area contributed by atoms with E-state index in [0.29, 0.717) is 33.7 Å².